The molecule has 82 valence electrons. The summed E-state index contributed by atoms with van der Waals surface area (Å²) < 4.78 is 0.974. The molecule has 0 atom stereocenters. The zero-order valence-electron chi connectivity index (χ0n) is 8.40. The fraction of sp³-hybridized carbons (Fsp3) is 0.100. The minimum Gasteiger partial charge on any atom is -0.319 e. The molecular formula is C10H8BrN3OS. The van der Waals surface area contributed by atoms with Crippen molar-refractivity contribution in [3.8, 4) is 0 Å². The molecule has 0 aromatic carbocycles. The van der Waals surface area contributed by atoms with Crippen LogP contribution in [0.2, 0.25) is 0 Å². The minimum absolute atomic E-state index is 0.145. The number of amides is 1. The van der Waals surface area contributed by atoms with Crippen LogP contribution in [0.3, 0.4) is 0 Å². The standard InChI is InChI=1S/C10H8BrN3OS/c1-6-2-8(16-9(6)11)10(15)14-7-3-12-5-13-4-7/h2-5H,1H3,(H,14,15). The third-order valence-electron chi connectivity index (χ3n) is 1.90. The van der Waals surface area contributed by atoms with Gasteiger partial charge in [0.15, 0.2) is 0 Å². The minimum atomic E-state index is -0.145. The number of rotatable bonds is 2. The lowest BCUT2D eigenvalue weighted by Crippen LogP contribution is -2.10. The highest BCUT2D eigenvalue weighted by atomic mass is 79.9. The van der Waals surface area contributed by atoms with E-state index in [0.717, 1.165) is 9.35 Å². The van der Waals surface area contributed by atoms with Gasteiger partial charge in [0.1, 0.15) is 6.33 Å². The Bertz CT molecular complexity index is 493. The average molecular weight is 298 g/mol. The number of hydrogen-bond donors (Lipinski definition) is 1. The Balaban J connectivity index is 2.15. The summed E-state index contributed by atoms with van der Waals surface area (Å²) in [6, 6.07) is 1.84. The normalized spacial score (nSPS) is 10.1. The second kappa shape index (κ2) is 4.71. The summed E-state index contributed by atoms with van der Waals surface area (Å²) in [4.78, 5) is 20.1. The van der Waals surface area contributed by atoms with Crippen LogP contribution in [0.15, 0.2) is 28.6 Å². The van der Waals surface area contributed by atoms with Crippen LogP contribution in [0.1, 0.15) is 15.2 Å². The molecule has 0 unspecified atom stereocenters. The van der Waals surface area contributed by atoms with Crippen LogP contribution in [0.25, 0.3) is 0 Å². The molecule has 2 rings (SSSR count). The van der Waals surface area contributed by atoms with E-state index in [1.54, 1.807) is 12.4 Å². The quantitative estimate of drug-likeness (QED) is 0.927. The second-order valence-electron chi connectivity index (χ2n) is 3.15. The van der Waals surface area contributed by atoms with Crippen LogP contribution in [-0.2, 0) is 0 Å². The Labute approximate surface area is 105 Å². The molecule has 0 aliphatic carbocycles. The summed E-state index contributed by atoms with van der Waals surface area (Å²) in [6.45, 7) is 1.95. The zero-order valence-corrected chi connectivity index (χ0v) is 10.8. The van der Waals surface area contributed by atoms with E-state index in [4.69, 9.17) is 0 Å². The lowest BCUT2D eigenvalue weighted by atomic mass is 10.3. The summed E-state index contributed by atoms with van der Waals surface area (Å²) in [5.74, 6) is -0.145. The van der Waals surface area contributed by atoms with E-state index >= 15 is 0 Å². The fourth-order valence-corrected chi connectivity index (χ4v) is 2.56. The highest BCUT2D eigenvalue weighted by Crippen LogP contribution is 2.27. The molecule has 0 fully saturated rings. The maximum Gasteiger partial charge on any atom is 0.265 e. The number of halogens is 1. The van der Waals surface area contributed by atoms with Crippen molar-refractivity contribution in [2.75, 3.05) is 5.32 Å². The van der Waals surface area contributed by atoms with Crippen LogP contribution < -0.4 is 5.32 Å². The van der Waals surface area contributed by atoms with Gasteiger partial charge in [0.2, 0.25) is 0 Å². The number of hydrogen-bond acceptors (Lipinski definition) is 4. The Morgan fingerprint density at radius 1 is 1.44 bits per heavy atom. The predicted octanol–water partition coefficient (Wildman–Crippen LogP) is 2.86. The van der Waals surface area contributed by atoms with Crippen LogP contribution in [0, 0.1) is 6.92 Å². The van der Waals surface area contributed by atoms with Gasteiger partial charge < -0.3 is 5.32 Å². The Kier molecular flexibility index (Phi) is 3.31. The lowest BCUT2D eigenvalue weighted by Gasteiger charge is -2.00. The fourth-order valence-electron chi connectivity index (χ4n) is 1.13. The Hall–Kier alpha value is -1.27. The molecule has 2 aromatic rings. The van der Waals surface area contributed by atoms with Crippen molar-refractivity contribution < 1.29 is 4.79 Å². The smallest absolute Gasteiger partial charge is 0.265 e. The van der Waals surface area contributed by atoms with Gasteiger partial charge in [-0.15, -0.1) is 11.3 Å². The average Bonchev–Trinajstić information content (AvgIpc) is 2.61. The summed E-state index contributed by atoms with van der Waals surface area (Å²) in [5, 5.41) is 2.72. The molecule has 2 aromatic heterocycles. The van der Waals surface area contributed by atoms with Crippen LogP contribution in [-0.4, -0.2) is 15.9 Å². The molecule has 0 bridgehead atoms. The number of aromatic nitrogens is 2. The summed E-state index contributed by atoms with van der Waals surface area (Å²) >= 11 is 4.79. The first kappa shape index (κ1) is 11.2. The Morgan fingerprint density at radius 3 is 2.69 bits per heavy atom. The van der Waals surface area contributed by atoms with Gasteiger partial charge in [0.05, 0.1) is 26.7 Å². The molecule has 0 aliphatic rings. The first-order valence-electron chi connectivity index (χ1n) is 4.49. The first-order chi connectivity index (χ1) is 7.66. The highest BCUT2D eigenvalue weighted by Gasteiger charge is 2.11. The topological polar surface area (TPSA) is 54.9 Å². The van der Waals surface area contributed by atoms with Gasteiger partial charge >= 0.3 is 0 Å². The van der Waals surface area contributed by atoms with E-state index in [2.05, 4.69) is 31.2 Å². The van der Waals surface area contributed by atoms with E-state index in [-0.39, 0.29) is 5.91 Å². The molecule has 4 nitrogen and oxygen atoms in total. The molecule has 2 heterocycles. The van der Waals surface area contributed by atoms with Gasteiger partial charge in [-0.2, -0.15) is 0 Å². The number of nitrogens with zero attached hydrogens (tertiary/aromatic N) is 2. The Morgan fingerprint density at radius 2 is 2.12 bits per heavy atom. The van der Waals surface area contributed by atoms with Crippen molar-refractivity contribution in [3.05, 3.63) is 39.0 Å². The molecule has 1 N–H and O–H groups in total. The molecule has 16 heavy (non-hydrogen) atoms. The number of anilines is 1. The van der Waals surface area contributed by atoms with Gasteiger partial charge in [-0.25, -0.2) is 9.97 Å². The van der Waals surface area contributed by atoms with Crippen molar-refractivity contribution >= 4 is 38.9 Å². The predicted molar refractivity (Wildman–Crippen MR) is 66.7 cm³/mol. The number of thiophene rings is 1. The van der Waals surface area contributed by atoms with E-state index in [0.29, 0.717) is 10.6 Å². The molecule has 1 amide bonds. The lowest BCUT2D eigenvalue weighted by molar-refractivity contribution is 0.103. The van der Waals surface area contributed by atoms with E-state index in [1.165, 1.54) is 17.7 Å². The number of carbonyl (C=O) groups excluding carboxylic acids is 1. The van der Waals surface area contributed by atoms with Gasteiger partial charge in [-0.1, -0.05) is 0 Å². The van der Waals surface area contributed by atoms with Crippen LogP contribution >= 0.6 is 27.3 Å². The third-order valence-corrected chi connectivity index (χ3v) is 4.03. The van der Waals surface area contributed by atoms with Crippen LogP contribution in [0.5, 0.6) is 0 Å². The number of aryl methyl sites for hydroxylation is 1. The number of carbonyl (C=O) groups is 1. The van der Waals surface area contributed by atoms with Gasteiger partial charge in [-0.3, -0.25) is 4.79 Å². The van der Waals surface area contributed by atoms with E-state index in [1.807, 2.05) is 13.0 Å². The molecule has 0 spiro atoms. The highest BCUT2D eigenvalue weighted by molar-refractivity contribution is 9.11. The second-order valence-corrected chi connectivity index (χ2v) is 5.52. The molecular weight excluding hydrogens is 290 g/mol. The molecule has 0 saturated carbocycles. The van der Waals surface area contributed by atoms with E-state index in [9.17, 15) is 4.79 Å². The largest absolute Gasteiger partial charge is 0.319 e. The third kappa shape index (κ3) is 2.45. The van der Waals surface area contributed by atoms with Crippen molar-refractivity contribution in [1.82, 2.24) is 9.97 Å². The van der Waals surface area contributed by atoms with Crippen molar-refractivity contribution in [2.24, 2.45) is 0 Å². The zero-order chi connectivity index (χ0) is 11.5. The molecule has 0 saturated heterocycles. The van der Waals surface area contributed by atoms with Crippen molar-refractivity contribution in [1.29, 1.82) is 0 Å². The molecule has 6 heteroatoms. The van der Waals surface area contributed by atoms with E-state index < -0.39 is 0 Å². The first-order valence-corrected chi connectivity index (χ1v) is 6.10. The summed E-state index contributed by atoms with van der Waals surface area (Å²) in [5.41, 5.74) is 1.65. The summed E-state index contributed by atoms with van der Waals surface area (Å²) in [6.07, 6.45) is 4.53. The van der Waals surface area contributed by atoms with Crippen LogP contribution in [0.4, 0.5) is 5.69 Å². The maximum atomic E-state index is 11.8. The number of nitrogens with one attached hydrogen (secondary N) is 1. The SMILES string of the molecule is Cc1cc(C(=O)Nc2cncnc2)sc1Br. The van der Waals surface area contributed by atoms with Crippen molar-refractivity contribution in [3.63, 3.8) is 0 Å². The molecule has 0 aliphatic heterocycles. The van der Waals surface area contributed by atoms with Gasteiger partial charge in [-0.05, 0) is 34.5 Å². The van der Waals surface area contributed by atoms with Gasteiger partial charge in [0, 0.05) is 0 Å². The summed E-state index contributed by atoms with van der Waals surface area (Å²) in [7, 11) is 0. The molecule has 0 radical (unpaired) electrons. The maximum absolute atomic E-state index is 11.8. The van der Waals surface area contributed by atoms with Gasteiger partial charge in [0.25, 0.3) is 5.91 Å². The van der Waals surface area contributed by atoms with Crippen molar-refractivity contribution in [2.45, 2.75) is 6.92 Å². The monoisotopic (exact) mass is 297 g/mol.